The Hall–Kier alpha value is -2.95. The Morgan fingerprint density at radius 3 is 2.60 bits per heavy atom. The lowest BCUT2D eigenvalue weighted by Gasteiger charge is -2.03. The van der Waals surface area contributed by atoms with Crippen molar-refractivity contribution in [3.63, 3.8) is 0 Å². The van der Waals surface area contributed by atoms with Gasteiger partial charge in [-0.05, 0) is 30.5 Å². The molecular weight excluding hydrogens is 314 g/mol. The summed E-state index contributed by atoms with van der Waals surface area (Å²) >= 11 is 0. The lowest BCUT2D eigenvalue weighted by molar-refractivity contribution is -0.120. The summed E-state index contributed by atoms with van der Waals surface area (Å²) in [6, 6.07) is 16.0. The van der Waals surface area contributed by atoms with Gasteiger partial charge in [-0.25, -0.2) is 0 Å². The molecule has 0 unspecified atom stereocenters. The zero-order chi connectivity index (χ0) is 17.6. The molecule has 0 aliphatic carbocycles. The average molecular weight is 335 g/mol. The number of carbonyl (C=O) groups excluding carboxylic acids is 1. The molecule has 0 aliphatic heterocycles. The number of nitrogens with one attached hydrogen (secondary N) is 1. The van der Waals surface area contributed by atoms with E-state index in [0.29, 0.717) is 18.1 Å². The highest BCUT2D eigenvalue weighted by Crippen LogP contribution is 2.16. The van der Waals surface area contributed by atoms with E-state index in [2.05, 4.69) is 34.5 Å². The van der Waals surface area contributed by atoms with Gasteiger partial charge < -0.3 is 9.84 Å². The summed E-state index contributed by atoms with van der Waals surface area (Å²) in [6.45, 7) is 4.35. The first-order valence-electron chi connectivity index (χ1n) is 8.38. The lowest BCUT2D eigenvalue weighted by Crippen LogP contribution is -2.24. The van der Waals surface area contributed by atoms with Crippen molar-refractivity contribution in [3.8, 4) is 11.4 Å². The second-order valence-electron chi connectivity index (χ2n) is 6.00. The molecule has 3 rings (SSSR count). The molecule has 2 aromatic carbocycles. The average Bonchev–Trinajstić information content (AvgIpc) is 3.10. The van der Waals surface area contributed by atoms with E-state index in [0.717, 1.165) is 23.1 Å². The largest absolute Gasteiger partial charge is 0.347 e. The fourth-order valence-corrected chi connectivity index (χ4v) is 2.54. The summed E-state index contributed by atoms with van der Waals surface area (Å²) in [6.07, 6.45) is 1.33. The first kappa shape index (κ1) is 16.9. The molecule has 1 N–H and O–H groups in total. The van der Waals surface area contributed by atoms with Crippen LogP contribution >= 0.6 is 0 Å². The fourth-order valence-electron chi connectivity index (χ4n) is 2.54. The van der Waals surface area contributed by atoms with Crippen LogP contribution in [0.25, 0.3) is 11.4 Å². The fraction of sp³-hybridized carbons (Fsp3) is 0.250. The molecule has 128 valence electrons. The minimum Gasteiger partial charge on any atom is -0.347 e. The van der Waals surface area contributed by atoms with E-state index in [1.165, 1.54) is 5.56 Å². The Balaban J connectivity index is 1.55. The van der Waals surface area contributed by atoms with Gasteiger partial charge in [-0.1, -0.05) is 60.1 Å². The molecule has 0 aliphatic rings. The molecule has 5 heteroatoms. The van der Waals surface area contributed by atoms with Gasteiger partial charge in [-0.3, -0.25) is 4.79 Å². The number of rotatable bonds is 6. The second kappa shape index (κ2) is 7.75. The Kier molecular flexibility index (Phi) is 5.23. The predicted molar refractivity (Wildman–Crippen MR) is 95.8 cm³/mol. The monoisotopic (exact) mass is 335 g/mol. The highest BCUT2D eigenvalue weighted by molar-refractivity contribution is 5.78. The lowest BCUT2D eigenvalue weighted by atomic mass is 10.1. The van der Waals surface area contributed by atoms with Crippen molar-refractivity contribution in [3.05, 3.63) is 71.1 Å². The summed E-state index contributed by atoms with van der Waals surface area (Å²) in [5, 5.41) is 6.79. The molecular formula is C20H21N3O2. The van der Waals surface area contributed by atoms with Crippen LogP contribution in [-0.4, -0.2) is 16.0 Å². The van der Waals surface area contributed by atoms with Gasteiger partial charge in [0.25, 0.3) is 0 Å². The van der Waals surface area contributed by atoms with E-state index in [-0.39, 0.29) is 12.5 Å². The summed E-state index contributed by atoms with van der Waals surface area (Å²) in [4.78, 5) is 16.4. The molecule has 0 fully saturated rings. The molecule has 1 amide bonds. The van der Waals surface area contributed by atoms with E-state index >= 15 is 0 Å². The molecule has 0 spiro atoms. The molecule has 0 bridgehead atoms. The third-order valence-corrected chi connectivity index (χ3v) is 3.98. The molecule has 5 nitrogen and oxygen atoms in total. The van der Waals surface area contributed by atoms with E-state index < -0.39 is 0 Å². The molecule has 1 heterocycles. The van der Waals surface area contributed by atoms with Gasteiger partial charge in [0.2, 0.25) is 17.6 Å². The number of benzene rings is 2. The standard InChI is InChI=1S/C20H21N3O2/c1-3-15-7-9-16(10-8-15)12-18(24)21-13-19-22-20(23-25-19)17-6-4-5-14(2)11-17/h4-11H,3,12-13H2,1-2H3,(H,21,24). The topological polar surface area (TPSA) is 68.0 Å². The van der Waals surface area contributed by atoms with E-state index in [9.17, 15) is 4.79 Å². The number of aromatic nitrogens is 2. The maximum absolute atomic E-state index is 12.1. The zero-order valence-corrected chi connectivity index (χ0v) is 14.5. The second-order valence-corrected chi connectivity index (χ2v) is 6.00. The Morgan fingerprint density at radius 2 is 1.88 bits per heavy atom. The zero-order valence-electron chi connectivity index (χ0n) is 14.5. The van der Waals surface area contributed by atoms with Gasteiger partial charge in [0, 0.05) is 5.56 Å². The molecule has 0 saturated carbocycles. The van der Waals surface area contributed by atoms with E-state index in [1.807, 2.05) is 43.3 Å². The van der Waals surface area contributed by atoms with Gasteiger partial charge in [-0.2, -0.15) is 4.98 Å². The van der Waals surface area contributed by atoms with E-state index in [1.54, 1.807) is 0 Å². The summed E-state index contributed by atoms with van der Waals surface area (Å²) in [7, 11) is 0. The van der Waals surface area contributed by atoms with Crippen LogP contribution in [0.5, 0.6) is 0 Å². The highest BCUT2D eigenvalue weighted by atomic mass is 16.5. The first-order valence-corrected chi connectivity index (χ1v) is 8.38. The van der Waals surface area contributed by atoms with Crippen molar-refractivity contribution < 1.29 is 9.32 Å². The number of carbonyl (C=O) groups is 1. The van der Waals surface area contributed by atoms with Gasteiger partial charge >= 0.3 is 0 Å². The van der Waals surface area contributed by atoms with Gasteiger partial charge in [0.1, 0.15) is 0 Å². The Labute approximate surface area is 147 Å². The van der Waals surface area contributed by atoms with Crippen molar-refractivity contribution in [2.45, 2.75) is 33.2 Å². The van der Waals surface area contributed by atoms with E-state index in [4.69, 9.17) is 4.52 Å². The number of hydrogen-bond acceptors (Lipinski definition) is 4. The normalized spacial score (nSPS) is 10.6. The summed E-state index contributed by atoms with van der Waals surface area (Å²) in [5.74, 6) is 0.855. The maximum Gasteiger partial charge on any atom is 0.246 e. The van der Waals surface area contributed by atoms with Crippen LogP contribution in [0.15, 0.2) is 53.1 Å². The van der Waals surface area contributed by atoms with Crippen LogP contribution in [0, 0.1) is 6.92 Å². The van der Waals surface area contributed by atoms with Crippen LogP contribution < -0.4 is 5.32 Å². The SMILES string of the molecule is CCc1ccc(CC(=O)NCc2nc(-c3cccc(C)c3)no2)cc1. The molecule has 1 aromatic heterocycles. The highest BCUT2D eigenvalue weighted by Gasteiger charge is 2.10. The maximum atomic E-state index is 12.1. The quantitative estimate of drug-likeness (QED) is 0.749. The van der Waals surface area contributed by atoms with Crippen molar-refractivity contribution in [2.75, 3.05) is 0 Å². The van der Waals surface area contributed by atoms with Crippen LogP contribution in [0.4, 0.5) is 0 Å². The van der Waals surface area contributed by atoms with Crippen LogP contribution in [-0.2, 0) is 24.2 Å². The van der Waals surface area contributed by atoms with Gasteiger partial charge in [-0.15, -0.1) is 0 Å². The molecule has 0 atom stereocenters. The number of amides is 1. The molecule has 25 heavy (non-hydrogen) atoms. The Bertz CT molecular complexity index is 853. The molecule has 0 saturated heterocycles. The number of nitrogens with zero attached hydrogens (tertiary/aromatic N) is 2. The third kappa shape index (κ3) is 4.53. The minimum atomic E-state index is -0.0699. The first-order chi connectivity index (χ1) is 12.1. The van der Waals surface area contributed by atoms with Gasteiger partial charge in [0.05, 0.1) is 13.0 Å². The third-order valence-electron chi connectivity index (χ3n) is 3.98. The van der Waals surface area contributed by atoms with Crippen molar-refractivity contribution >= 4 is 5.91 Å². The van der Waals surface area contributed by atoms with Crippen LogP contribution in [0.1, 0.15) is 29.5 Å². The van der Waals surface area contributed by atoms with Crippen LogP contribution in [0.2, 0.25) is 0 Å². The summed E-state index contributed by atoms with van der Waals surface area (Å²) < 4.78 is 5.21. The van der Waals surface area contributed by atoms with Crippen molar-refractivity contribution in [1.82, 2.24) is 15.5 Å². The number of hydrogen-bond donors (Lipinski definition) is 1. The molecule has 0 radical (unpaired) electrons. The van der Waals surface area contributed by atoms with Gasteiger partial charge in [0.15, 0.2) is 0 Å². The van der Waals surface area contributed by atoms with Crippen LogP contribution in [0.3, 0.4) is 0 Å². The minimum absolute atomic E-state index is 0.0699. The Morgan fingerprint density at radius 1 is 1.12 bits per heavy atom. The van der Waals surface area contributed by atoms with Crippen molar-refractivity contribution in [1.29, 1.82) is 0 Å². The number of aryl methyl sites for hydroxylation is 2. The van der Waals surface area contributed by atoms with Crippen molar-refractivity contribution in [2.24, 2.45) is 0 Å². The predicted octanol–water partition coefficient (Wildman–Crippen LogP) is 3.47. The molecule has 3 aromatic rings. The smallest absolute Gasteiger partial charge is 0.246 e. The summed E-state index contributed by atoms with van der Waals surface area (Å²) in [5.41, 5.74) is 4.28.